The molecule has 84 valence electrons. The molecule has 1 unspecified atom stereocenters. The standard InChI is InChI=1S/C11H15F2NS/c1-8(6-14-2)7-15-11-5-9(12)3-4-10(11)13/h3-5,8,14H,6-7H2,1-2H3. The highest BCUT2D eigenvalue weighted by molar-refractivity contribution is 7.99. The van der Waals surface area contributed by atoms with Crippen molar-refractivity contribution in [3.05, 3.63) is 29.8 Å². The van der Waals surface area contributed by atoms with Gasteiger partial charge in [0.15, 0.2) is 0 Å². The summed E-state index contributed by atoms with van der Waals surface area (Å²) in [6.45, 7) is 2.95. The van der Waals surface area contributed by atoms with Gasteiger partial charge in [-0.15, -0.1) is 11.8 Å². The Balaban J connectivity index is 2.53. The lowest BCUT2D eigenvalue weighted by Gasteiger charge is -2.10. The molecule has 0 aliphatic heterocycles. The molecule has 0 aliphatic carbocycles. The Hall–Kier alpha value is -0.610. The molecular weight excluding hydrogens is 216 g/mol. The molecule has 0 aliphatic rings. The Morgan fingerprint density at radius 3 is 2.80 bits per heavy atom. The van der Waals surface area contributed by atoms with Crippen LogP contribution in [0.1, 0.15) is 6.92 Å². The second kappa shape index (κ2) is 6.08. The number of hydrogen-bond acceptors (Lipinski definition) is 2. The van der Waals surface area contributed by atoms with E-state index in [2.05, 4.69) is 12.2 Å². The third-order valence-corrected chi connectivity index (χ3v) is 3.33. The normalized spacial score (nSPS) is 12.8. The lowest BCUT2D eigenvalue weighted by molar-refractivity contribution is 0.574. The predicted octanol–water partition coefficient (Wildman–Crippen LogP) is 2.91. The Morgan fingerprint density at radius 2 is 2.13 bits per heavy atom. The maximum absolute atomic E-state index is 13.2. The van der Waals surface area contributed by atoms with Gasteiger partial charge in [-0.3, -0.25) is 0 Å². The minimum atomic E-state index is -0.389. The largest absolute Gasteiger partial charge is 0.319 e. The van der Waals surface area contributed by atoms with Crippen LogP contribution >= 0.6 is 11.8 Å². The first-order chi connectivity index (χ1) is 7.13. The van der Waals surface area contributed by atoms with Crippen molar-refractivity contribution in [3.63, 3.8) is 0 Å². The van der Waals surface area contributed by atoms with Gasteiger partial charge in [0.2, 0.25) is 0 Å². The van der Waals surface area contributed by atoms with E-state index < -0.39 is 0 Å². The SMILES string of the molecule is CNCC(C)CSc1cc(F)ccc1F. The fourth-order valence-electron chi connectivity index (χ4n) is 1.23. The van der Waals surface area contributed by atoms with Crippen LogP contribution in [0.3, 0.4) is 0 Å². The van der Waals surface area contributed by atoms with Gasteiger partial charge in [-0.05, 0) is 37.7 Å². The van der Waals surface area contributed by atoms with Crippen molar-refractivity contribution in [2.45, 2.75) is 11.8 Å². The lowest BCUT2D eigenvalue weighted by Crippen LogP contribution is -2.17. The van der Waals surface area contributed by atoms with E-state index in [1.165, 1.54) is 23.9 Å². The molecule has 15 heavy (non-hydrogen) atoms. The van der Waals surface area contributed by atoms with Crippen molar-refractivity contribution in [1.29, 1.82) is 0 Å². The van der Waals surface area contributed by atoms with Gasteiger partial charge < -0.3 is 5.32 Å². The number of nitrogens with one attached hydrogen (secondary N) is 1. The van der Waals surface area contributed by atoms with Crippen LogP contribution in [0, 0.1) is 17.6 Å². The topological polar surface area (TPSA) is 12.0 Å². The summed E-state index contributed by atoms with van der Waals surface area (Å²) in [7, 11) is 1.88. The molecule has 0 saturated heterocycles. The fourth-order valence-corrected chi connectivity index (χ4v) is 2.21. The summed E-state index contributed by atoms with van der Waals surface area (Å²) in [5.41, 5.74) is 0. The number of thioether (sulfide) groups is 1. The first kappa shape index (κ1) is 12.5. The van der Waals surface area contributed by atoms with Crippen LogP contribution < -0.4 is 5.32 Å². The summed E-state index contributed by atoms with van der Waals surface area (Å²) < 4.78 is 26.0. The van der Waals surface area contributed by atoms with Crippen molar-refractivity contribution >= 4 is 11.8 Å². The summed E-state index contributed by atoms with van der Waals surface area (Å²) in [5.74, 6) is 0.474. The second-order valence-electron chi connectivity index (χ2n) is 3.55. The van der Waals surface area contributed by atoms with E-state index in [1.807, 2.05) is 7.05 Å². The number of rotatable bonds is 5. The first-order valence-electron chi connectivity index (χ1n) is 4.86. The Labute approximate surface area is 93.3 Å². The molecule has 4 heteroatoms. The van der Waals surface area contributed by atoms with E-state index in [0.717, 1.165) is 18.4 Å². The smallest absolute Gasteiger partial charge is 0.136 e. The van der Waals surface area contributed by atoms with Crippen molar-refractivity contribution < 1.29 is 8.78 Å². The summed E-state index contributed by atoms with van der Waals surface area (Å²) in [4.78, 5) is 0.387. The van der Waals surface area contributed by atoms with Gasteiger partial charge in [0.1, 0.15) is 11.6 Å². The van der Waals surface area contributed by atoms with Crippen LogP contribution in [0.2, 0.25) is 0 Å². The molecule has 1 nitrogen and oxygen atoms in total. The molecule has 0 spiro atoms. The van der Waals surface area contributed by atoms with Crippen molar-refractivity contribution in [2.75, 3.05) is 19.3 Å². The monoisotopic (exact) mass is 231 g/mol. The van der Waals surface area contributed by atoms with Gasteiger partial charge in [0.25, 0.3) is 0 Å². The quantitative estimate of drug-likeness (QED) is 0.782. The highest BCUT2D eigenvalue weighted by Crippen LogP contribution is 2.24. The zero-order valence-electron chi connectivity index (χ0n) is 8.89. The van der Waals surface area contributed by atoms with Crippen LogP contribution in [0.4, 0.5) is 8.78 Å². The van der Waals surface area contributed by atoms with Crippen molar-refractivity contribution in [1.82, 2.24) is 5.32 Å². The molecule has 0 aromatic heterocycles. The van der Waals surface area contributed by atoms with Crippen molar-refractivity contribution in [3.8, 4) is 0 Å². The molecule has 0 bridgehead atoms. The maximum atomic E-state index is 13.2. The zero-order chi connectivity index (χ0) is 11.3. The minimum absolute atomic E-state index is 0.349. The van der Waals surface area contributed by atoms with Gasteiger partial charge >= 0.3 is 0 Å². The Kier molecular flexibility index (Phi) is 5.05. The van der Waals surface area contributed by atoms with Crippen molar-refractivity contribution in [2.24, 2.45) is 5.92 Å². The summed E-state index contributed by atoms with van der Waals surface area (Å²) in [6, 6.07) is 3.54. The van der Waals surface area contributed by atoms with Gasteiger partial charge in [0, 0.05) is 10.6 Å². The zero-order valence-corrected chi connectivity index (χ0v) is 9.70. The number of benzene rings is 1. The summed E-state index contributed by atoms with van der Waals surface area (Å²) >= 11 is 1.35. The van der Waals surface area contributed by atoms with Gasteiger partial charge in [-0.2, -0.15) is 0 Å². The number of hydrogen-bond donors (Lipinski definition) is 1. The van der Waals surface area contributed by atoms with Crippen LogP contribution in [0.5, 0.6) is 0 Å². The Bertz CT molecular complexity index is 317. The average Bonchev–Trinajstić information content (AvgIpc) is 2.20. The van der Waals surface area contributed by atoms with Crippen LogP contribution in [-0.2, 0) is 0 Å². The van der Waals surface area contributed by atoms with Crippen LogP contribution in [0.25, 0.3) is 0 Å². The molecule has 0 radical (unpaired) electrons. The van der Waals surface area contributed by atoms with E-state index in [9.17, 15) is 8.78 Å². The molecule has 1 rings (SSSR count). The molecular formula is C11H15F2NS. The number of halogens is 2. The Morgan fingerprint density at radius 1 is 1.40 bits per heavy atom. The summed E-state index contributed by atoms with van der Waals surface area (Å²) in [6.07, 6.45) is 0. The molecule has 0 heterocycles. The average molecular weight is 231 g/mol. The van der Waals surface area contributed by atoms with Gasteiger partial charge in [0.05, 0.1) is 0 Å². The lowest BCUT2D eigenvalue weighted by atomic mass is 10.2. The molecule has 1 atom stereocenters. The van der Waals surface area contributed by atoms with Gasteiger partial charge in [-0.1, -0.05) is 6.92 Å². The van der Waals surface area contributed by atoms with E-state index >= 15 is 0 Å². The second-order valence-corrected chi connectivity index (χ2v) is 4.61. The van der Waals surface area contributed by atoms with Gasteiger partial charge in [-0.25, -0.2) is 8.78 Å². The predicted molar refractivity (Wildman–Crippen MR) is 60.2 cm³/mol. The minimum Gasteiger partial charge on any atom is -0.319 e. The van der Waals surface area contributed by atoms with E-state index in [4.69, 9.17) is 0 Å². The first-order valence-corrected chi connectivity index (χ1v) is 5.84. The van der Waals surface area contributed by atoms with Crippen LogP contribution in [-0.4, -0.2) is 19.3 Å². The van der Waals surface area contributed by atoms with E-state index in [-0.39, 0.29) is 11.6 Å². The molecule has 0 amide bonds. The summed E-state index contributed by atoms with van der Waals surface area (Å²) in [5, 5.41) is 3.05. The van der Waals surface area contributed by atoms with E-state index in [1.54, 1.807) is 0 Å². The highest BCUT2D eigenvalue weighted by atomic mass is 32.2. The van der Waals surface area contributed by atoms with E-state index in [0.29, 0.717) is 10.8 Å². The molecule has 0 saturated carbocycles. The van der Waals surface area contributed by atoms with Crippen LogP contribution in [0.15, 0.2) is 23.1 Å². The third-order valence-electron chi connectivity index (χ3n) is 1.97. The molecule has 1 N–H and O–H groups in total. The highest BCUT2D eigenvalue weighted by Gasteiger charge is 2.07. The molecule has 0 fully saturated rings. The third kappa shape index (κ3) is 4.18. The fraction of sp³-hybridized carbons (Fsp3) is 0.455. The molecule has 1 aromatic carbocycles. The molecule has 1 aromatic rings. The maximum Gasteiger partial charge on any atom is 0.136 e.